The maximum atomic E-state index is 12.6. The van der Waals surface area contributed by atoms with Crippen molar-refractivity contribution in [3.8, 4) is 28.6 Å². The lowest BCUT2D eigenvalue weighted by Gasteiger charge is -2.11. The number of hydrogen-bond donors (Lipinski definition) is 1. The molecule has 0 unspecified atom stereocenters. The van der Waals surface area contributed by atoms with Crippen molar-refractivity contribution in [1.29, 1.82) is 0 Å². The van der Waals surface area contributed by atoms with Crippen LogP contribution in [0.25, 0.3) is 17.1 Å². The molecule has 4 rings (SSSR count). The minimum Gasteiger partial charge on any atom is -0.493 e. The van der Waals surface area contributed by atoms with Gasteiger partial charge in [0.2, 0.25) is 0 Å². The van der Waals surface area contributed by atoms with Gasteiger partial charge in [0, 0.05) is 33.7 Å². The van der Waals surface area contributed by atoms with Gasteiger partial charge in [-0.1, -0.05) is 27.7 Å². The molecule has 0 radical (unpaired) electrons. The van der Waals surface area contributed by atoms with Gasteiger partial charge in [-0.05, 0) is 61.5 Å². The zero-order valence-electron chi connectivity index (χ0n) is 19.8. The number of hydrogen-bond acceptors (Lipinski definition) is 8. The number of hydrazone groups is 1. The van der Waals surface area contributed by atoms with Gasteiger partial charge in [-0.15, -0.1) is 10.2 Å². The van der Waals surface area contributed by atoms with Crippen LogP contribution in [0.2, 0.25) is 0 Å². The second-order valence-corrected chi connectivity index (χ2v) is 9.30. The zero-order valence-corrected chi connectivity index (χ0v) is 22.2. The minimum atomic E-state index is -0.268. The number of benzene rings is 2. The lowest BCUT2D eigenvalue weighted by Crippen LogP contribution is -2.21. The van der Waals surface area contributed by atoms with Crippen LogP contribution in [-0.2, 0) is 4.79 Å². The molecule has 2 aromatic heterocycles. The van der Waals surface area contributed by atoms with Crippen LogP contribution in [0.15, 0.2) is 81.7 Å². The molecule has 1 N–H and O–H groups in total. The Labute approximate surface area is 221 Å². The number of halogens is 1. The number of aromatic nitrogens is 4. The zero-order chi connectivity index (χ0) is 25.5. The third-order valence-corrected chi connectivity index (χ3v) is 6.60. The molecule has 4 aromatic rings. The lowest BCUT2D eigenvalue weighted by molar-refractivity contribution is -0.118. The molecular weight excluding hydrogens is 544 g/mol. The number of rotatable bonds is 9. The molecule has 0 saturated carbocycles. The predicted molar refractivity (Wildman–Crippen MR) is 143 cm³/mol. The molecule has 0 atom stereocenters. The van der Waals surface area contributed by atoms with E-state index in [4.69, 9.17) is 9.47 Å². The van der Waals surface area contributed by atoms with Gasteiger partial charge < -0.3 is 9.47 Å². The van der Waals surface area contributed by atoms with Crippen LogP contribution in [0.5, 0.6) is 11.5 Å². The van der Waals surface area contributed by atoms with Gasteiger partial charge in [0.15, 0.2) is 22.5 Å². The van der Waals surface area contributed by atoms with Gasteiger partial charge in [-0.3, -0.25) is 14.3 Å². The van der Waals surface area contributed by atoms with E-state index in [1.54, 1.807) is 45.7 Å². The molecule has 1 amide bonds. The largest absolute Gasteiger partial charge is 0.493 e. The summed E-state index contributed by atoms with van der Waals surface area (Å²) in [6.45, 7) is 1.81. The second-order valence-electron chi connectivity index (χ2n) is 7.44. The molecule has 11 heteroatoms. The van der Waals surface area contributed by atoms with Crippen molar-refractivity contribution in [3.63, 3.8) is 0 Å². The number of methoxy groups -OCH3 is 2. The summed E-state index contributed by atoms with van der Waals surface area (Å²) in [6, 6.07) is 17.0. The summed E-state index contributed by atoms with van der Waals surface area (Å²) in [5.74, 6) is 1.70. The number of thioether (sulfide) groups is 1. The van der Waals surface area contributed by atoms with Crippen LogP contribution in [0.1, 0.15) is 12.5 Å². The molecule has 0 aliphatic heterocycles. The van der Waals surface area contributed by atoms with Crippen LogP contribution >= 0.6 is 27.7 Å². The van der Waals surface area contributed by atoms with Crippen molar-refractivity contribution in [2.45, 2.75) is 12.1 Å². The highest BCUT2D eigenvalue weighted by Gasteiger charge is 2.17. The summed E-state index contributed by atoms with van der Waals surface area (Å²) < 4.78 is 13.5. The number of amides is 1. The van der Waals surface area contributed by atoms with E-state index in [0.29, 0.717) is 28.2 Å². The Morgan fingerprint density at radius 1 is 1.03 bits per heavy atom. The molecule has 0 saturated heterocycles. The molecule has 2 heterocycles. The molecule has 0 aliphatic carbocycles. The molecule has 0 aliphatic rings. The molecular formula is C25H23BrN6O3S. The monoisotopic (exact) mass is 566 g/mol. The molecule has 0 fully saturated rings. The summed E-state index contributed by atoms with van der Waals surface area (Å²) in [7, 11) is 3.15. The number of ether oxygens (including phenoxy) is 2. The van der Waals surface area contributed by atoms with Crippen LogP contribution < -0.4 is 14.9 Å². The van der Waals surface area contributed by atoms with Crippen molar-refractivity contribution in [2.24, 2.45) is 5.10 Å². The summed E-state index contributed by atoms with van der Waals surface area (Å²) in [4.78, 5) is 16.7. The predicted octanol–water partition coefficient (Wildman–Crippen LogP) is 4.74. The third kappa shape index (κ3) is 5.92. The molecule has 0 bridgehead atoms. The van der Waals surface area contributed by atoms with Crippen molar-refractivity contribution in [2.75, 3.05) is 20.0 Å². The Hall–Kier alpha value is -3.70. The normalized spacial score (nSPS) is 11.3. The van der Waals surface area contributed by atoms with E-state index >= 15 is 0 Å². The first-order valence-electron chi connectivity index (χ1n) is 10.8. The Balaban J connectivity index is 1.49. The molecule has 2 aromatic carbocycles. The first-order chi connectivity index (χ1) is 17.5. The van der Waals surface area contributed by atoms with E-state index in [0.717, 1.165) is 21.3 Å². The van der Waals surface area contributed by atoms with Crippen LogP contribution in [0.4, 0.5) is 0 Å². The van der Waals surface area contributed by atoms with Gasteiger partial charge >= 0.3 is 0 Å². The van der Waals surface area contributed by atoms with Gasteiger partial charge in [0.1, 0.15) is 0 Å². The SMILES string of the molecule is COc1ccc(C(C)=NNC(=O)CSc2nnc(-c3ccncc3)n2-c2ccc(Br)cc2)cc1OC. The van der Waals surface area contributed by atoms with Crippen molar-refractivity contribution < 1.29 is 14.3 Å². The summed E-state index contributed by atoms with van der Waals surface area (Å²) in [5, 5.41) is 13.5. The number of carbonyl (C=O) groups is 1. The molecule has 0 spiro atoms. The van der Waals surface area contributed by atoms with Gasteiger partial charge in [-0.25, -0.2) is 5.43 Å². The van der Waals surface area contributed by atoms with Crippen molar-refractivity contribution in [3.05, 3.63) is 77.0 Å². The molecule has 36 heavy (non-hydrogen) atoms. The van der Waals surface area contributed by atoms with E-state index < -0.39 is 0 Å². The number of nitrogens with one attached hydrogen (secondary N) is 1. The maximum absolute atomic E-state index is 12.6. The second kappa shape index (κ2) is 11.8. The van der Waals surface area contributed by atoms with E-state index in [9.17, 15) is 4.79 Å². The van der Waals surface area contributed by atoms with Crippen LogP contribution in [0, 0.1) is 0 Å². The van der Waals surface area contributed by atoms with Gasteiger partial charge in [0.25, 0.3) is 5.91 Å². The number of pyridine rings is 1. The van der Waals surface area contributed by atoms with E-state index in [1.165, 1.54) is 11.8 Å². The average molecular weight is 567 g/mol. The first kappa shape index (κ1) is 25.4. The fourth-order valence-corrected chi connectivity index (χ4v) is 4.32. The summed E-state index contributed by atoms with van der Waals surface area (Å²) in [6.07, 6.45) is 3.41. The van der Waals surface area contributed by atoms with Crippen molar-refractivity contribution >= 4 is 39.3 Å². The Kier molecular flexibility index (Phi) is 8.34. The Morgan fingerprint density at radius 2 is 1.75 bits per heavy atom. The van der Waals surface area contributed by atoms with E-state index in [1.807, 2.05) is 47.0 Å². The quantitative estimate of drug-likeness (QED) is 0.177. The van der Waals surface area contributed by atoms with Crippen LogP contribution in [-0.4, -0.2) is 51.3 Å². The van der Waals surface area contributed by atoms with E-state index in [2.05, 4.69) is 41.6 Å². The molecule has 184 valence electrons. The first-order valence-corrected chi connectivity index (χ1v) is 12.6. The highest BCUT2D eigenvalue weighted by molar-refractivity contribution is 9.10. The summed E-state index contributed by atoms with van der Waals surface area (Å²) in [5.41, 5.74) is 5.78. The molecule has 9 nitrogen and oxygen atoms in total. The third-order valence-electron chi connectivity index (χ3n) is 5.14. The smallest absolute Gasteiger partial charge is 0.250 e. The topological polar surface area (TPSA) is 104 Å². The number of carbonyl (C=O) groups excluding carboxylic acids is 1. The maximum Gasteiger partial charge on any atom is 0.250 e. The van der Waals surface area contributed by atoms with Gasteiger partial charge in [-0.2, -0.15) is 5.10 Å². The average Bonchev–Trinajstić information content (AvgIpc) is 3.35. The van der Waals surface area contributed by atoms with Crippen LogP contribution in [0.3, 0.4) is 0 Å². The summed E-state index contributed by atoms with van der Waals surface area (Å²) >= 11 is 4.74. The highest BCUT2D eigenvalue weighted by atomic mass is 79.9. The fourth-order valence-electron chi connectivity index (χ4n) is 3.31. The van der Waals surface area contributed by atoms with Crippen molar-refractivity contribution in [1.82, 2.24) is 25.2 Å². The minimum absolute atomic E-state index is 0.105. The lowest BCUT2D eigenvalue weighted by atomic mass is 10.1. The van der Waals surface area contributed by atoms with Gasteiger partial charge in [0.05, 0.1) is 25.7 Å². The number of nitrogens with zero attached hydrogens (tertiary/aromatic N) is 5. The Morgan fingerprint density at radius 3 is 2.44 bits per heavy atom. The Bertz CT molecular complexity index is 1380. The fraction of sp³-hybridized carbons (Fsp3) is 0.160. The standard InChI is InChI=1S/C25H23BrN6O3S/c1-16(18-4-9-21(34-2)22(14-18)35-3)28-29-23(33)15-36-25-31-30-24(17-10-12-27-13-11-17)32(25)20-7-5-19(26)6-8-20/h4-14H,15H2,1-3H3,(H,29,33). The highest BCUT2D eigenvalue weighted by Crippen LogP contribution is 2.29. The van der Waals surface area contributed by atoms with E-state index in [-0.39, 0.29) is 11.7 Å².